The largest absolute Gasteiger partial charge is 0.378 e. The molecule has 0 unspecified atom stereocenters. The van der Waals surface area contributed by atoms with Crippen molar-refractivity contribution >= 4 is 46.0 Å². The van der Waals surface area contributed by atoms with Crippen LogP contribution in [0.5, 0.6) is 0 Å². The molecule has 0 aliphatic carbocycles. The molecule has 2 aliphatic rings. The molecular formula is C33H37ClN6S. The van der Waals surface area contributed by atoms with Crippen molar-refractivity contribution in [3.63, 3.8) is 0 Å². The molecule has 2 aromatic carbocycles. The number of benzene rings is 2. The third-order valence-corrected chi connectivity index (χ3v) is 8.86. The van der Waals surface area contributed by atoms with Crippen molar-refractivity contribution in [2.24, 2.45) is 11.8 Å². The number of aromatic nitrogens is 2. The van der Waals surface area contributed by atoms with Crippen LogP contribution in [0.4, 0.5) is 17.1 Å². The summed E-state index contributed by atoms with van der Waals surface area (Å²) in [5.41, 5.74) is 6.37. The number of hydrogen-bond acceptors (Lipinski definition) is 4. The number of nitrogens with zero attached hydrogens (tertiary/aromatic N) is 5. The molecule has 2 fully saturated rings. The first-order valence-corrected chi connectivity index (χ1v) is 15.1. The van der Waals surface area contributed by atoms with E-state index in [9.17, 15) is 0 Å². The summed E-state index contributed by atoms with van der Waals surface area (Å²) in [5.74, 6) is 1.29. The number of rotatable bonds is 6. The van der Waals surface area contributed by atoms with Gasteiger partial charge in [-0.1, -0.05) is 31.5 Å². The van der Waals surface area contributed by atoms with E-state index in [1.807, 2.05) is 18.3 Å². The molecule has 0 spiro atoms. The van der Waals surface area contributed by atoms with Crippen LogP contribution in [0.25, 0.3) is 5.69 Å². The van der Waals surface area contributed by atoms with Crippen molar-refractivity contribution in [3.8, 4) is 5.69 Å². The second-order valence-electron chi connectivity index (χ2n) is 11.7. The van der Waals surface area contributed by atoms with Crippen LogP contribution in [0.2, 0.25) is 5.02 Å². The molecule has 4 heterocycles. The molecule has 6 nitrogen and oxygen atoms in total. The maximum absolute atomic E-state index is 7.02. The number of halogens is 1. The van der Waals surface area contributed by atoms with Gasteiger partial charge in [-0.15, -0.1) is 0 Å². The predicted octanol–water partition coefficient (Wildman–Crippen LogP) is 7.25. The van der Waals surface area contributed by atoms with Crippen LogP contribution < -0.4 is 20.0 Å². The van der Waals surface area contributed by atoms with Gasteiger partial charge in [0.05, 0.1) is 22.4 Å². The molecule has 0 amide bonds. The summed E-state index contributed by atoms with van der Waals surface area (Å²) in [6.45, 7) is 6.70. The maximum atomic E-state index is 7.02. The molecule has 0 bridgehead atoms. The Labute approximate surface area is 253 Å². The number of piperidine rings is 1. The van der Waals surface area contributed by atoms with Gasteiger partial charge in [0.25, 0.3) is 0 Å². The van der Waals surface area contributed by atoms with E-state index < -0.39 is 0 Å². The Morgan fingerprint density at radius 3 is 2.32 bits per heavy atom. The minimum Gasteiger partial charge on any atom is -0.378 e. The molecule has 0 radical (unpaired) electrons. The summed E-state index contributed by atoms with van der Waals surface area (Å²) in [6.07, 6.45) is 5.21. The third kappa shape index (κ3) is 5.41. The lowest BCUT2D eigenvalue weighted by atomic mass is 9.91. The molecule has 8 heteroatoms. The van der Waals surface area contributed by atoms with Crippen LogP contribution in [0, 0.1) is 11.8 Å². The van der Waals surface area contributed by atoms with Crippen molar-refractivity contribution in [2.45, 2.75) is 32.4 Å². The molecule has 2 aliphatic heterocycles. The zero-order valence-electron chi connectivity index (χ0n) is 24.0. The lowest BCUT2D eigenvalue weighted by Crippen LogP contribution is -2.38. The van der Waals surface area contributed by atoms with Crippen LogP contribution in [-0.4, -0.2) is 41.8 Å². The number of hydrogen-bond donors (Lipinski definition) is 1. The van der Waals surface area contributed by atoms with Crippen LogP contribution in [0.3, 0.4) is 0 Å². The Hall–Kier alpha value is -3.55. The van der Waals surface area contributed by atoms with E-state index >= 15 is 0 Å². The Morgan fingerprint density at radius 2 is 1.66 bits per heavy atom. The van der Waals surface area contributed by atoms with Crippen LogP contribution >= 0.6 is 23.8 Å². The summed E-state index contributed by atoms with van der Waals surface area (Å²) in [4.78, 5) is 11.5. The van der Waals surface area contributed by atoms with E-state index in [1.54, 1.807) is 0 Å². The summed E-state index contributed by atoms with van der Waals surface area (Å²) >= 11 is 13.0. The molecule has 0 saturated carbocycles. The zero-order valence-corrected chi connectivity index (χ0v) is 25.6. The van der Waals surface area contributed by atoms with Crippen LogP contribution in [-0.2, 0) is 0 Å². The van der Waals surface area contributed by atoms with E-state index in [0.29, 0.717) is 16.9 Å². The standard InChI is InChI=1S/C33H37ClN6S/c1-22-18-23(2)21-38(20-22)29-15-14-26(19-27(29)34)40-32(31(36-33(40)41)28-8-5-6-16-35-28)30-9-7-17-39(30)25-12-10-24(11-13-25)37(3)4/h5-17,19,22-23,31-32H,18,20-21H2,1-4H3,(H,36,41)/t22-,23+,31-,32-/m0/s1. The van der Waals surface area contributed by atoms with Gasteiger partial charge in [-0.2, -0.15) is 0 Å². The predicted molar refractivity (Wildman–Crippen MR) is 175 cm³/mol. The summed E-state index contributed by atoms with van der Waals surface area (Å²) < 4.78 is 2.25. The highest BCUT2D eigenvalue weighted by atomic mass is 35.5. The topological polar surface area (TPSA) is 39.6 Å². The number of anilines is 3. The van der Waals surface area contributed by atoms with E-state index in [-0.39, 0.29) is 12.1 Å². The van der Waals surface area contributed by atoms with Crippen molar-refractivity contribution in [3.05, 3.63) is 102 Å². The van der Waals surface area contributed by atoms with E-state index in [0.717, 1.165) is 52.2 Å². The van der Waals surface area contributed by atoms with Crippen molar-refractivity contribution < 1.29 is 0 Å². The van der Waals surface area contributed by atoms with E-state index in [1.165, 1.54) is 6.42 Å². The highest BCUT2D eigenvalue weighted by Crippen LogP contribution is 2.44. The summed E-state index contributed by atoms with van der Waals surface area (Å²) in [5, 5.41) is 5.00. The smallest absolute Gasteiger partial charge is 0.174 e. The van der Waals surface area contributed by atoms with Gasteiger partial charge in [-0.3, -0.25) is 4.98 Å². The fraction of sp³-hybridized carbons (Fsp3) is 0.333. The Bertz CT molecular complexity index is 1510. The first kappa shape index (κ1) is 27.6. The SMILES string of the molecule is C[C@@H]1C[C@H](C)CN(c2ccc(N3C(=S)N[C@@H](c4ccccn4)[C@@H]3c3cccn3-c3ccc(N(C)C)cc3)cc2Cl)C1. The van der Waals surface area contributed by atoms with Gasteiger partial charge in [0.15, 0.2) is 5.11 Å². The number of thiocarbonyl (C=S) groups is 1. The molecule has 2 aromatic heterocycles. The number of pyridine rings is 1. The zero-order chi connectivity index (χ0) is 28.7. The molecule has 6 rings (SSSR count). The highest BCUT2D eigenvalue weighted by molar-refractivity contribution is 7.80. The van der Waals surface area contributed by atoms with Gasteiger partial charge < -0.3 is 24.6 Å². The Kier molecular flexibility index (Phi) is 7.66. The van der Waals surface area contributed by atoms with Gasteiger partial charge in [0, 0.05) is 62.3 Å². The molecule has 4 aromatic rings. The summed E-state index contributed by atoms with van der Waals surface area (Å²) in [6, 6.07) is 25.0. The average Bonchev–Trinajstić information content (AvgIpc) is 3.57. The van der Waals surface area contributed by atoms with Gasteiger partial charge in [-0.25, -0.2) is 0 Å². The molecule has 41 heavy (non-hydrogen) atoms. The molecule has 2 saturated heterocycles. The van der Waals surface area contributed by atoms with Crippen molar-refractivity contribution in [1.82, 2.24) is 14.9 Å². The lowest BCUT2D eigenvalue weighted by Gasteiger charge is -2.37. The van der Waals surface area contributed by atoms with Crippen LogP contribution in [0.1, 0.15) is 43.7 Å². The number of nitrogens with one attached hydrogen (secondary N) is 1. The highest BCUT2D eigenvalue weighted by Gasteiger charge is 2.42. The molecular weight excluding hydrogens is 548 g/mol. The monoisotopic (exact) mass is 584 g/mol. The molecule has 212 valence electrons. The lowest BCUT2D eigenvalue weighted by molar-refractivity contribution is 0.357. The Morgan fingerprint density at radius 1 is 0.927 bits per heavy atom. The van der Waals surface area contributed by atoms with Gasteiger partial charge >= 0.3 is 0 Å². The minimum absolute atomic E-state index is 0.138. The first-order chi connectivity index (χ1) is 19.8. The van der Waals surface area contributed by atoms with E-state index in [4.69, 9.17) is 28.8 Å². The van der Waals surface area contributed by atoms with Crippen molar-refractivity contribution in [1.29, 1.82) is 0 Å². The average molecular weight is 585 g/mol. The fourth-order valence-electron chi connectivity index (χ4n) is 6.48. The van der Waals surface area contributed by atoms with Gasteiger partial charge in [0.1, 0.15) is 6.04 Å². The molecule has 4 atom stereocenters. The Balaban J connectivity index is 1.41. The van der Waals surface area contributed by atoms with Crippen LogP contribution in [0.15, 0.2) is 85.2 Å². The summed E-state index contributed by atoms with van der Waals surface area (Å²) in [7, 11) is 4.11. The normalized spacial score (nSPS) is 22.6. The van der Waals surface area contributed by atoms with E-state index in [2.05, 4.69) is 119 Å². The van der Waals surface area contributed by atoms with Crippen molar-refractivity contribution in [2.75, 3.05) is 41.9 Å². The second-order valence-corrected chi connectivity index (χ2v) is 12.5. The second kappa shape index (κ2) is 11.4. The quantitative estimate of drug-likeness (QED) is 0.241. The van der Waals surface area contributed by atoms with Gasteiger partial charge in [-0.05, 0) is 97.2 Å². The molecule has 1 N–H and O–H groups in total. The maximum Gasteiger partial charge on any atom is 0.174 e. The minimum atomic E-state index is -0.141. The van der Waals surface area contributed by atoms with Gasteiger partial charge in [0.2, 0.25) is 0 Å². The fourth-order valence-corrected chi connectivity index (χ4v) is 7.12. The third-order valence-electron chi connectivity index (χ3n) is 8.24. The first-order valence-electron chi connectivity index (χ1n) is 14.3.